The molecule has 0 amide bonds. The number of imidazole rings is 1. The van der Waals surface area contributed by atoms with Crippen molar-refractivity contribution in [2.75, 3.05) is 6.54 Å². The average molecular weight is 273 g/mol. The molecule has 2 aliphatic carbocycles. The van der Waals surface area contributed by atoms with Gasteiger partial charge in [0.15, 0.2) is 0 Å². The molecule has 3 nitrogen and oxygen atoms in total. The fraction of sp³-hybridized carbons (Fsp3) is 0.824. The van der Waals surface area contributed by atoms with E-state index in [-0.39, 0.29) is 0 Å². The molecule has 0 spiro atoms. The van der Waals surface area contributed by atoms with Gasteiger partial charge in [-0.25, -0.2) is 4.98 Å². The molecule has 110 valence electrons. The lowest BCUT2D eigenvalue weighted by Crippen LogP contribution is -2.26. The van der Waals surface area contributed by atoms with E-state index < -0.39 is 0 Å². The van der Waals surface area contributed by atoms with Gasteiger partial charge in [-0.3, -0.25) is 0 Å². The zero-order chi connectivity index (χ0) is 13.4. The maximum absolute atomic E-state index is 5.04. The van der Waals surface area contributed by atoms with Gasteiger partial charge in [-0.15, -0.1) is 0 Å². The van der Waals surface area contributed by atoms with E-state index in [1.165, 1.54) is 75.7 Å². The first-order chi connectivity index (χ1) is 9.93. The number of nitrogens with one attached hydrogen (secondary N) is 1. The second-order valence-corrected chi connectivity index (χ2v) is 6.93. The lowest BCUT2D eigenvalue weighted by atomic mass is 9.95. The van der Waals surface area contributed by atoms with Gasteiger partial charge in [0, 0.05) is 37.2 Å². The monoisotopic (exact) mass is 273 g/mol. The van der Waals surface area contributed by atoms with Crippen LogP contribution in [0.4, 0.5) is 0 Å². The SMILES string of the molecule is C1CCCC(n2c(C3CC3)nc3c2CCNC3)CCC1. The van der Waals surface area contributed by atoms with Crippen LogP contribution >= 0.6 is 0 Å². The molecular weight excluding hydrogens is 246 g/mol. The van der Waals surface area contributed by atoms with E-state index >= 15 is 0 Å². The number of aromatic nitrogens is 2. The Kier molecular flexibility index (Phi) is 3.55. The summed E-state index contributed by atoms with van der Waals surface area (Å²) in [6.07, 6.45) is 13.9. The lowest BCUT2D eigenvalue weighted by molar-refractivity contribution is 0.355. The molecule has 1 N–H and O–H groups in total. The number of nitrogens with zero attached hydrogens (tertiary/aromatic N) is 2. The maximum atomic E-state index is 5.04. The molecule has 0 atom stereocenters. The fourth-order valence-electron chi connectivity index (χ4n) is 4.08. The molecule has 20 heavy (non-hydrogen) atoms. The van der Waals surface area contributed by atoms with Gasteiger partial charge >= 0.3 is 0 Å². The Morgan fingerprint density at radius 2 is 1.70 bits per heavy atom. The highest BCUT2D eigenvalue weighted by molar-refractivity contribution is 5.25. The summed E-state index contributed by atoms with van der Waals surface area (Å²) in [5.41, 5.74) is 2.94. The molecule has 2 fully saturated rings. The van der Waals surface area contributed by atoms with Crippen molar-refractivity contribution in [3.8, 4) is 0 Å². The van der Waals surface area contributed by atoms with Gasteiger partial charge in [0.1, 0.15) is 5.82 Å². The van der Waals surface area contributed by atoms with Gasteiger partial charge in [-0.1, -0.05) is 32.1 Å². The molecule has 0 radical (unpaired) electrons. The standard InChI is InChI=1S/C17H27N3/c1-2-4-6-14(7-5-3-1)20-16-10-11-18-12-15(16)19-17(20)13-8-9-13/h13-14,18H,1-12H2. The van der Waals surface area contributed by atoms with Crippen LogP contribution in [0.5, 0.6) is 0 Å². The molecule has 0 saturated heterocycles. The Morgan fingerprint density at radius 1 is 0.950 bits per heavy atom. The topological polar surface area (TPSA) is 29.9 Å². The van der Waals surface area contributed by atoms with Crippen LogP contribution in [0.2, 0.25) is 0 Å². The molecule has 0 unspecified atom stereocenters. The highest BCUT2D eigenvalue weighted by atomic mass is 15.2. The minimum Gasteiger partial charge on any atom is -0.328 e. The zero-order valence-corrected chi connectivity index (χ0v) is 12.5. The number of hydrogen-bond acceptors (Lipinski definition) is 2. The highest BCUT2D eigenvalue weighted by Gasteiger charge is 2.34. The molecular formula is C17H27N3. The van der Waals surface area contributed by atoms with Crippen molar-refractivity contribution in [3.05, 3.63) is 17.2 Å². The molecule has 0 bridgehead atoms. The Morgan fingerprint density at radius 3 is 2.45 bits per heavy atom. The predicted molar refractivity (Wildman–Crippen MR) is 81.0 cm³/mol. The predicted octanol–water partition coefficient (Wildman–Crippen LogP) is 3.69. The van der Waals surface area contributed by atoms with Gasteiger partial charge in [0.2, 0.25) is 0 Å². The van der Waals surface area contributed by atoms with Crippen LogP contribution in [0.3, 0.4) is 0 Å². The van der Waals surface area contributed by atoms with Crippen molar-refractivity contribution in [1.29, 1.82) is 0 Å². The third-order valence-electron chi connectivity index (χ3n) is 5.33. The van der Waals surface area contributed by atoms with E-state index in [9.17, 15) is 0 Å². The fourth-order valence-corrected chi connectivity index (χ4v) is 4.08. The van der Waals surface area contributed by atoms with Crippen LogP contribution < -0.4 is 5.32 Å². The molecule has 2 heterocycles. The van der Waals surface area contributed by atoms with Gasteiger partial charge < -0.3 is 9.88 Å². The number of rotatable bonds is 2. The van der Waals surface area contributed by atoms with E-state index in [2.05, 4.69) is 9.88 Å². The normalized spacial score (nSPS) is 25.0. The summed E-state index contributed by atoms with van der Waals surface area (Å²) in [7, 11) is 0. The van der Waals surface area contributed by atoms with E-state index in [1.54, 1.807) is 5.69 Å². The van der Waals surface area contributed by atoms with E-state index in [1.807, 2.05) is 0 Å². The van der Waals surface area contributed by atoms with Crippen molar-refractivity contribution in [1.82, 2.24) is 14.9 Å². The summed E-state index contributed by atoms with van der Waals surface area (Å²) in [5.74, 6) is 2.23. The summed E-state index contributed by atoms with van der Waals surface area (Å²) in [6.45, 7) is 2.13. The number of fused-ring (bicyclic) bond motifs is 1. The largest absolute Gasteiger partial charge is 0.328 e. The number of hydrogen-bond donors (Lipinski definition) is 1. The van der Waals surface area contributed by atoms with E-state index in [0.717, 1.165) is 25.0 Å². The van der Waals surface area contributed by atoms with Gasteiger partial charge in [0.25, 0.3) is 0 Å². The minimum atomic E-state index is 0.750. The first-order valence-electron chi connectivity index (χ1n) is 8.74. The Labute approximate surface area is 122 Å². The van der Waals surface area contributed by atoms with Crippen LogP contribution in [0.25, 0.3) is 0 Å². The first-order valence-corrected chi connectivity index (χ1v) is 8.74. The zero-order valence-electron chi connectivity index (χ0n) is 12.5. The molecule has 2 saturated carbocycles. The summed E-state index contributed by atoms with van der Waals surface area (Å²) in [5, 5.41) is 3.49. The minimum absolute atomic E-state index is 0.750. The Balaban J connectivity index is 1.68. The third kappa shape index (κ3) is 2.41. The molecule has 3 aliphatic rings. The molecule has 1 aliphatic heterocycles. The average Bonchev–Trinajstić information content (AvgIpc) is 3.20. The van der Waals surface area contributed by atoms with Crippen molar-refractivity contribution in [2.45, 2.75) is 82.7 Å². The Hall–Kier alpha value is -0.830. The van der Waals surface area contributed by atoms with Crippen molar-refractivity contribution >= 4 is 0 Å². The van der Waals surface area contributed by atoms with Gasteiger partial charge in [-0.05, 0) is 25.7 Å². The summed E-state index contributed by atoms with van der Waals surface area (Å²) < 4.78 is 2.72. The van der Waals surface area contributed by atoms with Crippen molar-refractivity contribution < 1.29 is 0 Å². The summed E-state index contributed by atoms with van der Waals surface area (Å²) in [4.78, 5) is 5.04. The molecule has 1 aromatic rings. The third-order valence-corrected chi connectivity index (χ3v) is 5.33. The molecule has 1 aromatic heterocycles. The van der Waals surface area contributed by atoms with Gasteiger partial charge in [0.05, 0.1) is 5.69 Å². The van der Waals surface area contributed by atoms with Crippen molar-refractivity contribution in [3.63, 3.8) is 0 Å². The molecule has 0 aromatic carbocycles. The second-order valence-electron chi connectivity index (χ2n) is 6.93. The van der Waals surface area contributed by atoms with E-state index in [4.69, 9.17) is 4.98 Å². The quantitative estimate of drug-likeness (QED) is 0.890. The second kappa shape index (κ2) is 5.51. The van der Waals surface area contributed by atoms with Crippen LogP contribution in [0.15, 0.2) is 0 Å². The molecule has 3 heteroatoms. The lowest BCUT2D eigenvalue weighted by Gasteiger charge is -2.26. The van der Waals surface area contributed by atoms with E-state index in [0.29, 0.717) is 0 Å². The van der Waals surface area contributed by atoms with Crippen LogP contribution in [-0.4, -0.2) is 16.1 Å². The summed E-state index contributed by atoms with van der Waals surface area (Å²) in [6, 6.07) is 0.750. The smallest absolute Gasteiger partial charge is 0.112 e. The molecule has 4 rings (SSSR count). The van der Waals surface area contributed by atoms with Crippen LogP contribution in [-0.2, 0) is 13.0 Å². The Bertz CT molecular complexity index is 465. The van der Waals surface area contributed by atoms with Crippen LogP contribution in [0.1, 0.15) is 87.0 Å². The summed E-state index contributed by atoms with van der Waals surface area (Å²) >= 11 is 0. The van der Waals surface area contributed by atoms with Gasteiger partial charge in [-0.2, -0.15) is 0 Å². The maximum Gasteiger partial charge on any atom is 0.112 e. The first kappa shape index (κ1) is 12.9. The van der Waals surface area contributed by atoms with Crippen molar-refractivity contribution in [2.24, 2.45) is 0 Å². The van der Waals surface area contributed by atoms with Crippen LogP contribution in [0, 0.1) is 0 Å². The highest BCUT2D eigenvalue weighted by Crippen LogP contribution is 2.43.